The molecule has 0 amide bonds. The van der Waals surface area contributed by atoms with Gasteiger partial charge in [0.2, 0.25) is 0 Å². The van der Waals surface area contributed by atoms with Crippen molar-refractivity contribution in [3.05, 3.63) is 131 Å². The summed E-state index contributed by atoms with van der Waals surface area (Å²) in [4.78, 5) is 45.7. The zero-order valence-corrected chi connectivity index (χ0v) is 35.0. The number of esters is 2. The quantitative estimate of drug-likeness (QED) is 0.0755. The standard InChI is InChI=1S/C48H64O8/c1-33(17-13-19-35(3)21-23-41-37(5)29-39(31-47(41,7)8)55-45(53)27-25-43(49)50)15-11-12-16-34(2)18-14-20-36(4)22-24-42-38(6)30-40(32-48(42,9)10)56-46(54)28-26-44(51)52/h11-18,20-24,29,39-41H,3,19,25-28,30-32H2,1-2,4-10H3,(H,49,50)(H,51,52)/b12-11+,17-13+,18-14+,23-21+,24-22+,33-15+,34-16+,36-20+. The van der Waals surface area contributed by atoms with Gasteiger partial charge >= 0.3 is 23.9 Å². The Morgan fingerprint density at radius 3 is 1.89 bits per heavy atom. The third-order valence-electron chi connectivity index (χ3n) is 9.98. The van der Waals surface area contributed by atoms with E-state index in [-0.39, 0.29) is 54.6 Å². The topological polar surface area (TPSA) is 127 Å². The molecule has 8 nitrogen and oxygen atoms in total. The molecule has 0 aromatic heterocycles. The van der Waals surface area contributed by atoms with E-state index in [1.807, 2.05) is 31.2 Å². The number of hydrogen-bond donors (Lipinski definition) is 2. The fourth-order valence-corrected chi connectivity index (χ4v) is 7.17. The molecular weight excluding hydrogens is 705 g/mol. The maximum atomic E-state index is 12.1. The van der Waals surface area contributed by atoms with Gasteiger partial charge in [0.05, 0.1) is 25.7 Å². The summed E-state index contributed by atoms with van der Waals surface area (Å²) in [6.45, 7) is 23.1. The first kappa shape index (κ1) is 47.2. The average Bonchev–Trinajstić information content (AvgIpc) is 3.07. The minimum atomic E-state index is -1.01. The predicted octanol–water partition coefficient (Wildman–Crippen LogP) is 11.2. The number of aliphatic carboxylic acids is 2. The predicted molar refractivity (Wildman–Crippen MR) is 226 cm³/mol. The highest BCUT2D eigenvalue weighted by molar-refractivity contribution is 5.77. The van der Waals surface area contributed by atoms with E-state index in [9.17, 15) is 19.2 Å². The molecule has 0 radical (unpaired) electrons. The van der Waals surface area contributed by atoms with Crippen LogP contribution in [0.4, 0.5) is 0 Å². The highest BCUT2D eigenvalue weighted by Crippen LogP contribution is 2.43. The van der Waals surface area contributed by atoms with Crippen LogP contribution in [-0.4, -0.2) is 46.3 Å². The number of ether oxygens (including phenoxy) is 2. The van der Waals surface area contributed by atoms with Crippen LogP contribution in [0.2, 0.25) is 0 Å². The molecule has 0 aromatic rings. The fourth-order valence-electron chi connectivity index (χ4n) is 7.17. The van der Waals surface area contributed by atoms with Crippen LogP contribution in [0.15, 0.2) is 131 Å². The maximum absolute atomic E-state index is 12.1. The van der Waals surface area contributed by atoms with Gasteiger partial charge in [-0.1, -0.05) is 147 Å². The van der Waals surface area contributed by atoms with Gasteiger partial charge in [0.15, 0.2) is 0 Å². The molecule has 3 atom stereocenters. The van der Waals surface area contributed by atoms with Gasteiger partial charge in [0.1, 0.15) is 12.2 Å². The monoisotopic (exact) mass is 768 g/mol. The molecule has 0 saturated carbocycles. The Balaban J connectivity index is 1.87. The number of allylic oxidation sites excluding steroid dienone is 19. The van der Waals surface area contributed by atoms with Gasteiger partial charge in [0.25, 0.3) is 0 Å². The number of hydrogen-bond acceptors (Lipinski definition) is 6. The summed E-state index contributed by atoms with van der Waals surface area (Å²) in [6.07, 6.45) is 30.5. The van der Waals surface area contributed by atoms with Crippen molar-refractivity contribution < 1.29 is 38.9 Å². The molecule has 3 unspecified atom stereocenters. The summed E-state index contributed by atoms with van der Waals surface area (Å²) in [5, 5.41) is 17.6. The van der Waals surface area contributed by atoms with Crippen molar-refractivity contribution in [2.45, 2.75) is 126 Å². The number of carbonyl (C=O) groups is 4. The summed E-state index contributed by atoms with van der Waals surface area (Å²) in [6, 6.07) is 0. The lowest BCUT2D eigenvalue weighted by Crippen LogP contribution is -2.35. The Kier molecular flexibility index (Phi) is 19.0. The molecule has 0 spiro atoms. The lowest BCUT2D eigenvalue weighted by molar-refractivity contribution is -0.153. The first-order chi connectivity index (χ1) is 26.2. The van der Waals surface area contributed by atoms with Crippen molar-refractivity contribution in [2.24, 2.45) is 16.7 Å². The first-order valence-corrected chi connectivity index (χ1v) is 19.5. The van der Waals surface area contributed by atoms with Crippen molar-refractivity contribution >= 4 is 23.9 Å². The second-order valence-corrected chi connectivity index (χ2v) is 16.4. The molecule has 0 aliphatic heterocycles. The summed E-state index contributed by atoms with van der Waals surface area (Å²) in [5.41, 5.74) is 7.55. The molecule has 0 aromatic carbocycles. The summed E-state index contributed by atoms with van der Waals surface area (Å²) < 4.78 is 11.1. The SMILES string of the molecule is C=C(/C=C/C1C(C)=CC(OC(=O)CCC(=O)O)CC1(C)C)C/C=C/C(C)=C/C=C/C=C(C)/C=C/C=C(C)/C=C/C1=C(C)CC(OC(=O)CCC(=O)O)CC1(C)C. The van der Waals surface area contributed by atoms with Crippen molar-refractivity contribution in [3.8, 4) is 0 Å². The van der Waals surface area contributed by atoms with Crippen LogP contribution < -0.4 is 0 Å². The highest BCUT2D eigenvalue weighted by atomic mass is 16.5. The van der Waals surface area contributed by atoms with Gasteiger partial charge in [-0.25, -0.2) is 0 Å². The third kappa shape index (κ3) is 17.7. The van der Waals surface area contributed by atoms with Gasteiger partial charge in [-0.15, -0.1) is 0 Å². The molecule has 0 saturated heterocycles. The Labute approximate surface area is 335 Å². The van der Waals surface area contributed by atoms with Gasteiger partial charge in [0, 0.05) is 12.3 Å². The number of carbonyl (C=O) groups excluding carboxylic acids is 2. The largest absolute Gasteiger partial charge is 0.481 e. The van der Waals surface area contributed by atoms with E-state index in [4.69, 9.17) is 19.7 Å². The molecule has 2 N–H and O–H groups in total. The molecule has 0 fully saturated rings. The molecule has 56 heavy (non-hydrogen) atoms. The fraction of sp³-hybridized carbons (Fsp3) is 0.458. The van der Waals surface area contributed by atoms with E-state index in [1.165, 1.54) is 11.1 Å². The first-order valence-electron chi connectivity index (χ1n) is 19.5. The van der Waals surface area contributed by atoms with Crippen LogP contribution in [0.25, 0.3) is 0 Å². The van der Waals surface area contributed by atoms with Crippen molar-refractivity contribution in [2.75, 3.05) is 0 Å². The molecule has 2 rings (SSSR count). The van der Waals surface area contributed by atoms with Crippen LogP contribution in [0.1, 0.15) is 114 Å². The lowest BCUT2D eigenvalue weighted by atomic mass is 9.67. The average molecular weight is 769 g/mol. The number of carboxylic acids is 2. The molecule has 0 heterocycles. The van der Waals surface area contributed by atoms with Gasteiger partial charge < -0.3 is 19.7 Å². The maximum Gasteiger partial charge on any atom is 0.306 e. The van der Waals surface area contributed by atoms with Gasteiger partial charge in [-0.2, -0.15) is 0 Å². The molecular formula is C48H64O8. The normalized spacial score (nSPS) is 22.1. The molecule has 2 aliphatic rings. The van der Waals surface area contributed by atoms with Crippen molar-refractivity contribution in [1.29, 1.82) is 0 Å². The van der Waals surface area contributed by atoms with E-state index in [0.717, 1.165) is 34.3 Å². The van der Waals surface area contributed by atoms with Gasteiger partial charge in [-0.05, 0) is 76.4 Å². The van der Waals surface area contributed by atoms with E-state index in [2.05, 4.69) is 123 Å². The van der Waals surface area contributed by atoms with Crippen LogP contribution in [0.5, 0.6) is 0 Å². The molecule has 2 aliphatic carbocycles. The lowest BCUT2D eigenvalue weighted by Gasteiger charge is -2.40. The number of carboxylic acid groups (broad SMARTS) is 2. The minimum Gasteiger partial charge on any atom is -0.481 e. The van der Waals surface area contributed by atoms with Gasteiger partial charge in [-0.3, -0.25) is 19.2 Å². The molecule has 8 heteroatoms. The van der Waals surface area contributed by atoms with Crippen LogP contribution in [0, 0.1) is 16.7 Å². The minimum absolute atomic E-state index is 0.107. The van der Waals surface area contributed by atoms with E-state index in [1.54, 1.807) is 0 Å². The van der Waals surface area contributed by atoms with Crippen LogP contribution in [0.3, 0.4) is 0 Å². The summed E-state index contributed by atoms with van der Waals surface area (Å²) in [7, 11) is 0. The second-order valence-electron chi connectivity index (χ2n) is 16.4. The summed E-state index contributed by atoms with van der Waals surface area (Å²) >= 11 is 0. The smallest absolute Gasteiger partial charge is 0.306 e. The molecule has 0 bridgehead atoms. The van der Waals surface area contributed by atoms with E-state index < -0.39 is 23.9 Å². The third-order valence-corrected chi connectivity index (χ3v) is 9.98. The Morgan fingerprint density at radius 2 is 1.32 bits per heavy atom. The highest BCUT2D eigenvalue weighted by Gasteiger charge is 2.37. The number of rotatable bonds is 19. The van der Waals surface area contributed by atoms with Crippen molar-refractivity contribution in [1.82, 2.24) is 0 Å². The molecule has 304 valence electrons. The van der Waals surface area contributed by atoms with Crippen LogP contribution >= 0.6 is 0 Å². The van der Waals surface area contributed by atoms with Crippen LogP contribution in [-0.2, 0) is 28.7 Å². The van der Waals surface area contributed by atoms with E-state index >= 15 is 0 Å². The zero-order valence-electron chi connectivity index (χ0n) is 35.0. The Hall–Kier alpha value is -4.98. The van der Waals surface area contributed by atoms with E-state index in [0.29, 0.717) is 19.3 Å². The second kappa shape index (κ2) is 22.5. The Bertz CT molecular complexity index is 1760. The summed E-state index contributed by atoms with van der Waals surface area (Å²) in [5.74, 6) is -2.78. The van der Waals surface area contributed by atoms with Crippen molar-refractivity contribution in [3.63, 3.8) is 0 Å². The zero-order chi connectivity index (χ0) is 42.1. The Morgan fingerprint density at radius 1 is 0.768 bits per heavy atom.